The quantitative estimate of drug-likeness (QED) is 0.272. The van der Waals surface area contributed by atoms with Crippen molar-refractivity contribution >= 4 is 17.6 Å². The molecule has 1 rings (SSSR count). The van der Waals surface area contributed by atoms with E-state index in [1.165, 1.54) is 18.6 Å². The standard InChI is InChI=1S/C8H17N3OS/c1-6(8(9)11-12)10-7-3-2-4-13-5-7/h6-7,10,12H,2-5H2,1H3,(H2,9,11). The van der Waals surface area contributed by atoms with Crippen molar-refractivity contribution in [2.45, 2.75) is 31.8 Å². The summed E-state index contributed by atoms with van der Waals surface area (Å²) in [5.74, 6) is 2.65. The van der Waals surface area contributed by atoms with E-state index >= 15 is 0 Å². The fourth-order valence-electron chi connectivity index (χ4n) is 1.40. The lowest BCUT2D eigenvalue weighted by atomic mass is 10.1. The summed E-state index contributed by atoms with van der Waals surface area (Å²) in [6.45, 7) is 1.91. The van der Waals surface area contributed by atoms with Crippen LogP contribution in [0.1, 0.15) is 19.8 Å². The average Bonchev–Trinajstić information content (AvgIpc) is 2.18. The third-order valence-corrected chi connectivity index (χ3v) is 3.42. The molecular weight excluding hydrogens is 186 g/mol. The first-order valence-corrected chi connectivity index (χ1v) is 5.70. The molecule has 2 unspecified atom stereocenters. The third-order valence-electron chi connectivity index (χ3n) is 2.21. The van der Waals surface area contributed by atoms with Gasteiger partial charge in [-0.15, -0.1) is 0 Å². The summed E-state index contributed by atoms with van der Waals surface area (Å²) in [6.07, 6.45) is 2.45. The molecule has 1 fully saturated rings. The van der Waals surface area contributed by atoms with Crippen LogP contribution in [0.5, 0.6) is 0 Å². The van der Waals surface area contributed by atoms with Crippen molar-refractivity contribution in [3.8, 4) is 0 Å². The fraction of sp³-hybridized carbons (Fsp3) is 0.875. The zero-order valence-corrected chi connectivity index (χ0v) is 8.68. The van der Waals surface area contributed by atoms with E-state index in [2.05, 4.69) is 10.5 Å². The number of oxime groups is 1. The number of rotatable bonds is 3. The van der Waals surface area contributed by atoms with Crippen LogP contribution >= 0.6 is 11.8 Å². The van der Waals surface area contributed by atoms with Gasteiger partial charge in [0, 0.05) is 11.8 Å². The van der Waals surface area contributed by atoms with Crippen LogP contribution in [0.25, 0.3) is 0 Å². The fourth-order valence-corrected chi connectivity index (χ4v) is 2.48. The van der Waals surface area contributed by atoms with Crippen LogP contribution in [0.3, 0.4) is 0 Å². The molecule has 0 aromatic carbocycles. The van der Waals surface area contributed by atoms with Crippen LogP contribution in [-0.2, 0) is 0 Å². The van der Waals surface area contributed by atoms with Gasteiger partial charge >= 0.3 is 0 Å². The summed E-state index contributed by atoms with van der Waals surface area (Å²) in [7, 11) is 0. The topological polar surface area (TPSA) is 70.6 Å². The molecule has 0 spiro atoms. The van der Waals surface area contributed by atoms with Crippen molar-refractivity contribution in [3.05, 3.63) is 0 Å². The van der Waals surface area contributed by atoms with Crippen LogP contribution in [0.4, 0.5) is 0 Å². The molecule has 0 saturated carbocycles. The molecule has 0 amide bonds. The zero-order valence-electron chi connectivity index (χ0n) is 7.86. The maximum atomic E-state index is 8.45. The van der Waals surface area contributed by atoms with Crippen molar-refractivity contribution in [2.24, 2.45) is 10.9 Å². The molecule has 4 nitrogen and oxygen atoms in total. The van der Waals surface area contributed by atoms with Gasteiger partial charge in [0.2, 0.25) is 0 Å². The lowest BCUT2D eigenvalue weighted by Gasteiger charge is -2.25. The van der Waals surface area contributed by atoms with E-state index in [-0.39, 0.29) is 11.9 Å². The highest BCUT2D eigenvalue weighted by atomic mass is 32.2. The Bertz CT molecular complexity index is 180. The van der Waals surface area contributed by atoms with Gasteiger partial charge < -0.3 is 16.3 Å². The van der Waals surface area contributed by atoms with E-state index in [9.17, 15) is 0 Å². The molecule has 0 aliphatic carbocycles. The number of thioether (sulfide) groups is 1. The first-order chi connectivity index (χ1) is 6.24. The van der Waals surface area contributed by atoms with Gasteiger partial charge in [-0.25, -0.2) is 0 Å². The minimum Gasteiger partial charge on any atom is -0.409 e. The number of amidine groups is 1. The maximum absolute atomic E-state index is 8.45. The van der Waals surface area contributed by atoms with Gasteiger partial charge in [0.1, 0.15) is 0 Å². The number of nitrogens with one attached hydrogen (secondary N) is 1. The molecule has 5 heteroatoms. The molecule has 76 valence electrons. The highest BCUT2D eigenvalue weighted by Crippen LogP contribution is 2.17. The predicted molar refractivity (Wildman–Crippen MR) is 56.4 cm³/mol. The van der Waals surface area contributed by atoms with Crippen LogP contribution in [-0.4, -0.2) is 34.6 Å². The van der Waals surface area contributed by atoms with Crippen molar-refractivity contribution in [2.75, 3.05) is 11.5 Å². The molecule has 2 atom stereocenters. The van der Waals surface area contributed by atoms with Crippen molar-refractivity contribution in [1.29, 1.82) is 0 Å². The van der Waals surface area contributed by atoms with E-state index < -0.39 is 0 Å². The molecule has 0 radical (unpaired) electrons. The predicted octanol–water partition coefficient (Wildman–Crippen LogP) is 0.607. The minimum atomic E-state index is -0.0336. The Morgan fingerprint density at radius 2 is 2.54 bits per heavy atom. The number of hydrogen-bond donors (Lipinski definition) is 3. The highest BCUT2D eigenvalue weighted by Gasteiger charge is 2.17. The van der Waals surface area contributed by atoms with Crippen LogP contribution in [0.2, 0.25) is 0 Å². The Hall–Kier alpha value is -0.420. The number of hydrogen-bond acceptors (Lipinski definition) is 4. The Morgan fingerprint density at radius 1 is 1.77 bits per heavy atom. The van der Waals surface area contributed by atoms with E-state index in [0.717, 1.165) is 5.75 Å². The molecule has 1 aliphatic heterocycles. The molecule has 13 heavy (non-hydrogen) atoms. The van der Waals surface area contributed by atoms with E-state index in [4.69, 9.17) is 10.9 Å². The van der Waals surface area contributed by atoms with Gasteiger partial charge in [-0.05, 0) is 25.5 Å². The maximum Gasteiger partial charge on any atom is 0.156 e. The molecule has 4 N–H and O–H groups in total. The van der Waals surface area contributed by atoms with Crippen LogP contribution in [0, 0.1) is 0 Å². The summed E-state index contributed by atoms with van der Waals surface area (Å²) in [6, 6.07) is 0.475. The van der Waals surface area contributed by atoms with E-state index in [0.29, 0.717) is 6.04 Å². The Balaban J connectivity index is 2.30. The molecular formula is C8H17N3OS. The normalized spacial score (nSPS) is 27.2. The second-order valence-electron chi connectivity index (χ2n) is 3.33. The van der Waals surface area contributed by atoms with Gasteiger partial charge in [-0.2, -0.15) is 11.8 Å². The van der Waals surface area contributed by atoms with Crippen molar-refractivity contribution < 1.29 is 5.21 Å². The smallest absolute Gasteiger partial charge is 0.156 e. The highest BCUT2D eigenvalue weighted by molar-refractivity contribution is 7.99. The zero-order chi connectivity index (χ0) is 9.68. The lowest BCUT2D eigenvalue weighted by molar-refractivity contribution is 0.314. The monoisotopic (exact) mass is 203 g/mol. The van der Waals surface area contributed by atoms with Crippen LogP contribution < -0.4 is 11.1 Å². The van der Waals surface area contributed by atoms with Crippen molar-refractivity contribution in [3.63, 3.8) is 0 Å². The summed E-state index contributed by atoms with van der Waals surface area (Å²) in [5.41, 5.74) is 5.46. The minimum absolute atomic E-state index is 0.0336. The molecule has 1 aliphatic rings. The van der Waals surface area contributed by atoms with E-state index in [1.807, 2.05) is 18.7 Å². The summed E-state index contributed by atoms with van der Waals surface area (Å²) < 4.78 is 0. The van der Waals surface area contributed by atoms with Gasteiger partial charge in [0.15, 0.2) is 5.84 Å². The average molecular weight is 203 g/mol. The second-order valence-corrected chi connectivity index (χ2v) is 4.48. The third kappa shape index (κ3) is 3.44. The van der Waals surface area contributed by atoms with Gasteiger partial charge in [-0.1, -0.05) is 5.16 Å². The SMILES string of the molecule is CC(NC1CCCSC1)/C(N)=N/O. The van der Waals surface area contributed by atoms with Crippen LogP contribution in [0.15, 0.2) is 5.16 Å². The lowest BCUT2D eigenvalue weighted by Crippen LogP contribution is -2.46. The molecule has 1 heterocycles. The molecule has 1 saturated heterocycles. The first-order valence-electron chi connectivity index (χ1n) is 4.55. The Labute approximate surface area is 82.9 Å². The number of nitrogens with two attached hydrogens (primary N) is 1. The molecule has 0 aromatic rings. The Morgan fingerprint density at radius 3 is 3.08 bits per heavy atom. The molecule has 0 aromatic heterocycles. The number of nitrogens with zero attached hydrogens (tertiary/aromatic N) is 1. The van der Waals surface area contributed by atoms with Gasteiger partial charge in [-0.3, -0.25) is 0 Å². The van der Waals surface area contributed by atoms with E-state index in [1.54, 1.807) is 0 Å². The largest absolute Gasteiger partial charge is 0.409 e. The summed E-state index contributed by atoms with van der Waals surface area (Å²) in [5, 5.41) is 14.8. The van der Waals surface area contributed by atoms with Gasteiger partial charge in [0.05, 0.1) is 6.04 Å². The second kappa shape index (κ2) is 5.34. The van der Waals surface area contributed by atoms with Gasteiger partial charge in [0.25, 0.3) is 0 Å². The van der Waals surface area contributed by atoms with Crippen molar-refractivity contribution in [1.82, 2.24) is 5.32 Å². The summed E-state index contributed by atoms with van der Waals surface area (Å²) in [4.78, 5) is 0. The first kappa shape index (κ1) is 10.7. The Kier molecular flexibility index (Phi) is 4.38. The molecule has 0 bridgehead atoms. The summed E-state index contributed by atoms with van der Waals surface area (Å²) >= 11 is 1.96.